The normalized spacial score (nSPS) is 62.8. The lowest BCUT2D eigenvalue weighted by atomic mass is 9.41. The second kappa shape index (κ2) is 9.89. The summed E-state index contributed by atoms with van der Waals surface area (Å²) in [6, 6.07) is 17.7. The van der Waals surface area contributed by atoms with Gasteiger partial charge in [0.1, 0.15) is 0 Å². The molecule has 0 radical (unpaired) electrons. The minimum Gasteiger partial charge on any atom is -0.382 e. The molecule has 59 heavy (non-hydrogen) atoms. The molecule has 16 aliphatic carbocycles. The molecule has 304 valence electrons. The molecular weight excluding hydrogens is 719 g/mol. The number of methoxy groups -OCH3 is 1. The van der Waals surface area contributed by atoms with E-state index in [0.29, 0.717) is 18.1 Å². The predicted molar refractivity (Wildman–Crippen MR) is 225 cm³/mol. The van der Waals surface area contributed by atoms with Crippen molar-refractivity contribution in [3.05, 3.63) is 70.3 Å². The number of hydrogen-bond acceptors (Lipinski definition) is 3. The maximum absolute atomic E-state index is 6.44. The number of benzene rings is 2. The van der Waals surface area contributed by atoms with Crippen LogP contribution in [-0.2, 0) is 9.47 Å². The molecule has 3 heteroatoms. The Morgan fingerprint density at radius 1 is 0.610 bits per heavy atom. The van der Waals surface area contributed by atoms with Gasteiger partial charge in [0, 0.05) is 43.5 Å². The number of ether oxygens (including phenoxy) is 2. The van der Waals surface area contributed by atoms with Crippen LogP contribution in [0.5, 0.6) is 0 Å². The first-order valence-electron chi connectivity index (χ1n) is 26.0. The molecule has 19 rings (SSSR count). The van der Waals surface area contributed by atoms with Crippen LogP contribution in [0.15, 0.2) is 64.8 Å². The zero-order valence-corrected chi connectivity index (χ0v) is 35.1. The summed E-state index contributed by atoms with van der Waals surface area (Å²) >= 11 is 0. The Hall–Kier alpha value is -1.94. The third kappa shape index (κ3) is 3.04. The van der Waals surface area contributed by atoms with Gasteiger partial charge in [-0.2, -0.15) is 0 Å². The van der Waals surface area contributed by atoms with Gasteiger partial charge in [-0.1, -0.05) is 58.7 Å². The molecule has 28 unspecified atom stereocenters. The van der Waals surface area contributed by atoms with Crippen molar-refractivity contribution in [2.75, 3.05) is 40.0 Å². The van der Waals surface area contributed by atoms with E-state index in [0.717, 1.165) is 162 Å². The van der Waals surface area contributed by atoms with Crippen LogP contribution in [0.3, 0.4) is 0 Å². The van der Waals surface area contributed by atoms with Crippen LogP contribution in [0.4, 0.5) is 0 Å². The molecule has 3 nitrogen and oxygen atoms in total. The summed E-state index contributed by atoms with van der Waals surface area (Å²) < 4.78 is 11.9. The molecule has 1 aliphatic heterocycles. The Bertz CT molecular complexity index is 2410. The Kier molecular flexibility index (Phi) is 5.34. The fourth-order valence-corrected chi connectivity index (χ4v) is 27.0. The van der Waals surface area contributed by atoms with E-state index in [2.05, 4.69) is 69.7 Å². The van der Waals surface area contributed by atoms with E-state index in [9.17, 15) is 0 Å². The Balaban J connectivity index is 0.882. The third-order valence-electron chi connectivity index (χ3n) is 26.0. The zero-order chi connectivity index (χ0) is 37.3. The van der Waals surface area contributed by atoms with E-state index in [1.807, 2.05) is 7.11 Å². The van der Waals surface area contributed by atoms with Gasteiger partial charge in [0.15, 0.2) is 0 Å². The molecule has 0 aromatic heterocycles. The second-order valence-corrected chi connectivity index (χ2v) is 25.9. The molecule has 13 saturated carbocycles. The molecule has 0 amide bonds. The third-order valence-corrected chi connectivity index (χ3v) is 26.0. The van der Waals surface area contributed by atoms with E-state index in [1.165, 1.54) is 42.0 Å². The van der Waals surface area contributed by atoms with Gasteiger partial charge >= 0.3 is 0 Å². The molecule has 0 bridgehead atoms. The van der Waals surface area contributed by atoms with Crippen LogP contribution < -0.4 is 0 Å². The van der Waals surface area contributed by atoms with Gasteiger partial charge in [0.05, 0.1) is 19.8 Å². The van der Waals surface area contributed by atoms with Gasteiger partial charge in [0.2, 0.25) is 0 Å². The van der Waals surface area contributed by atoms with Gasteiger partial charge in [0.25, 0.3) is 0 Å². The highest BCUT2D eigenvalue weighted by Crippen LogP contribution is 2.93. The summed E-state index contributed by atoms with van der Waals surface area (Å²) in [7, 11) is 1.82. The van der Waals surface area contributed by atoms with Crippen molar-refractivity contribution in [3.8, 4) is 0 Å². The van der Waals surface area contributed by atoms with Crippen molar-refractivity contribution in [3.63, 3.8) is 0 Å². The number of allylic oxidation sites excluding steroid dienone is 3. The highest BCUT2D eigenvalue weighted by atomic mass is 16.5. The molecule has 28 atom stereocenters. The van der Waals surface area contributed by atoms with Crippen molar-refractivity contribution >= 4 is 10.8 Å². The number of rotatable bonds is 7. The molecule has 1 heterocycles. The van der Waals surface area contributed by atoms with Gasteiger partial charge in [-0.25, -0.2) is 0 Å². The summed E-state index contributed by atoms with van der Waals surface area (Å²) in [5, 5.41) is 2.89. The van der Waals surface area contributed by atoms with Gasteiger partial charge in [-0.3, -0.25) is 4.90 Å². The van der Waals surface area contributed by atoms with Crippen LogP contribution in [0.25, 0.3) is 10.8 Å². The Morgan fingerprint density at radius 3 is 2.08 bits per heavy atom. The summed E-state index contributed by atoms with van der Waals surface area (Å²) in [6.07, 6.45) is 12.8. The van der Waals surface area contributed by atoms with Crippen LogP contribution in [-0.4, -0.2) is 44.9 Å². The lowest BCUT2D eigenvalue weighted by Gasteiger charge is -2.62. The average molecular weight is 782 g/mol. The largest absolute Gasteiger partial charge is 0.382 e. The first-order chi connectivity index (χ1) is 29.2. The molecule has 2 aromatic carbocycles. The lowest BCUT2D eigenvalue weighted by molar-refractivity contribution is -0.149. The molecule has 0 N–H and O–H groups in total. The molecule has 14 fully saturated rings. The van der Waals surface area contributed by atoms with Crippen LogP contribution in [0, 0.1) is 159 Å². The first kappa shape index (κ1) is 31.8. The smallest absolute Gasteiger partial charge is 0.0700 e. The highest BCUT2D eigenvalue weighted by Gasteiger charge is 2.88. The van der Waals surface area contributed by atoms with Gasteiger partial charge < -0.3 is 9.47 Å². The summed E-state index contributed by atoms with van der Waals surface area (Å²) in [5.41, 5.74) is 10.7. The summed E-state index contributed by atoms with van der Waals surface area (Å²) in [4.78, 5) is 3.10. The number of likely N-dealkylation sites (tertiary alicyclic amines) is 1. The zero-order valence-electron chi connectivity index (χ0n) is 35.1. The number of nitrogens with zero attached hydrogens (tertiary/aromatic N) is 1. The monoisotopic (exact) mass is 781 g/mol. The fraction of sp³-hybridized carbons (Fsp3) is 0.750. The molecule has 17 aliphatic rings. The van der Waals surface area contributed by atoms with Crippen LogP contribution in [0.1, 0.15) is 63.0 Å². The van der Waals surface area contributed by atoms with Crippen LogP contribution in [0.2, 0.25) is 0 Å². The molecule has 1 saturated heterocycles. The van der Waals surface area contributed by atoms with E-state index in [4.69, 9.17) is 9.47 Å². The summed E-state index contributed by atoms with van der Waals surface area (Å²) in [6.45, 7) is 4.63. The van der Waals surface area contributed by atoms with Crippen molar-refractivity contribution < 1.29 is 9.47 Å². The number of fused-ring (bicyclic) bond motifs is 2. The van der Waals surface area contributed by atoms with E-state index >= 15 is 0 Å². The van der Waals surface area contributed by atoms with Crippen molar-refractivity contribution in [2.45, 2.75) is 57.4 Å². The van der Waals surface area contributed by atoms with E-state index in [1.54, 1.807) is 44.1 Å². The van der Waals surface area contributed by atoms with Crippen LogP contribution >= 0.6 is 0 Å². The Labute approximate surface area is 350 Å². The van der Waals surface area contributed by atoms with Gasteiger partial charge in [-0.05, 0) is 216 Å². The van der Waals surface area contributed by atoms with Crippen molar-refractivity contribution in [1.29, 1.82) is 0 Å². The second-order valence-electron chi connectivity index (χ2n) is 25.9. The maximum Gasteiger partial charge on any atom is 0.0700 e. The minimum absolute atomic E-state index is 0.386. The minimum atomic E-state index is 0.386. The Morgan fingerprint density at radius 2 is 1.27 bits per heavy atom. The highest BCUT2D eigenvalue weighted by molar-refractivity contribution is 5.83. The van der Waals surface area contributed by atoms with Crippen molar-refractivity contribution in [1.82, 2.24) is 4.90 Å². The van der Waals surface area contributed by atoms with E-state index in [-0.39, 0.29) is 0 Å². The lowest BCUT2D eigenvalue weighted by Crippen LogP contribution is -2.59. The average Bonchev–Trinajstić information content (AvgIpc) is 4.11. The first-order valence-corrected chi connectivity index (χ1v) is 26.0. The maximum atomic E-state index is 6.44. The predicted octanol–water partition coefficient (Wildman–Crippen LogP) is 9.80. The fourth-order valence-electron chi connectivity index (χ4n) is 27.0. The van der Waals surface area contributed by atoms with E-state index < -0.39 is 0 Å². The topological polar surface area (TPSA) is 21.7 Å². The molecular formula is C56H63NO2. The quantitative estimate of drug-likeness (QED) is 0.206. The standard InChI is InChI=1S/C56H63NO2/c1-58-10-11-59-9-8-57-21-33-32-19-30-17-27-15-28-14-25-13-26-16-29-18-31-20-56(33,55(57)24-7-6-22-4-2-3-5-23(22)12-24)54-40(31)45-39(29)44-35(26)34(25)42-38(28)43-36(27)37(30)46-41(32)53(54)52-50(45)48(44)47(42)49(43)51(46)52/h2-7,12,25-29,31,33-36,38-40,42-55H,8-11,13-21H2,1H3. The SMILES string of the molecule is COCCOCCN1CC2C3=C4C5C6=C(C3)CC3CC7CC8CC9CC%10CC%11CC2(C2C4C4C5C5C(C63)C7C3C8C9C6C%10C(C4C6C35)C%112)C1c1ccc2ccccc2c1. The summed E-state index contributed by atoms with van der Waals surface area (Å²) in [5.74, 6) is 27.8. The molecule has 2 aromatic rings. The number of hydrogen-bond donors (Lipinski definition) is 0. The molecule has 1 spiro atoms. The van der Waals surface area contributed by atoms with Crippen molar-refractivity contribution in [2.24, 2.45) is 159 Å². The van der Waals surface area contributed by atoms with Gasteiger partial charge in [-0.15, -0.1) is 0 Å².